The zero-order valence-corrected chi connectivity index (χ0v) is 12.5. The van der Waals surface area contributed by atoms with Crippen molar-refractivity contribution < 1.29 is 14.3 Å². The second kappa shape index (κ2) is 9.29. The van der Waals surface area contributed by atoms with E-state index in [2.05, 4.69) is 11.7 Å². The van der Waals surface area contributed by atoms with Gasteiger partial charge >= 0.3 is 5.97 Å². The van der Waals surface area contributed by atoms with Crippen LogP contribution >= 0.6 is 0 Å². The van der Waals surface area contributed by atoms with E-state index in [1.807, 2.05) is 6.07 Å². The Morgan fingerprint density at radius 1 is 1.10 bits per heavy atom. The summed E-state index contributed by atoms with van der Waals surface area (Å²) in [6, 6.07) is 7.10. The molecule has 0 saturated carbocycles. The number of ether oxygens (including phenoxy) is 1. The van der Waals surface area contributed by atoms with Gasteiger partial charge in [-0.3, -0.25) is 4.79 Å². The molecule has 0 aliphatic carbocycles. The molecule has 0 spiro atoms. The van der Waals surface area contributed by atoms with Crippen molar-refractivity contribution in [3.63, 3.8) is 0 Å². The highest BCUT2D eigenvalue weighted by molar-refractivity contribution is 5.90. The summed E-state index contributed by atoms with van der Waals surface area (Å²) in [6.45, 7) is 2.18. The Morgan fingerprint density at radius 2 is 1.85 bits per heavy atom. The Labute approximate surface area is 121 Å². The van der Waals surface area contributed by atoms with Crippen molar-refractivity contribution in [3.8, 4) is 0 Å². The minimum Gasteiger partial charge on any atom is -0.465 e. The van der Waals surface area contributed by atoms with Crippen molar-refractivity contribution in [2.45, 2.75) is 51.9 Å². The summed E-state index contributed by atoms with van der Waals surface area (Å²) in [6.07, 6.45) is 6.80. The minimum absolute atomic E-state index is 0.239. The van der Waals surface area contributed by atoms with Gasteiger partial charge in [0.25, 0.3) is 0 Å². The Balaban J connectivity index is 2.40. The second-order valence-electron chi connectivity index (χ2n) is 5.07. The molecule has 3 nitrogen and oxygen atoms in total. The molecule has 20 heavy (non-hydrogen) atoms. The number of methoxy groups -OCH3 is 1. The number of benzene rings is 1. The van der Waals surface area contributed by atoms with Crippen LogP contribution in [0.1, 0.15) is 61.4 Å². The van der Waals surface area contributed by atoms with Gasteiger partial charge in [0, 0.05) is 12.8 Å². The molecule has 1 rings (SSSR count). The van der Waals surface area contributed by atoms with Crippen LogP contribution in [0.15, 0.2) is 24.3 Å². The molecule has 0 fully saturated rings. The number of hydrogen-bond donors (Lipinski definition) is 0. The third-order valence-corrected chi connectivity index (χ3v) is 3.31. The molecule has 0 atom stereocenters. The molecule has 0 radical (unpaired) electrons. The monoisotopic (exact) mass is 276 g/mol. The number of Topliss-reactive ketones (excluding diaryl/α,β-unsaturated/α-hetero) is 1. The van der Waals surface area contributed by atoms with Gasteiger partial charge in [-0.05, 0) is 24.1 Å². The Morgan fingerprint density at radius 3 is 2.55 bits per heavy atom. The van der Waals surface area contributed by atoms with Crippen LogP contribution in [0, 0.1) is 0 Å². The quantitative estimate of drug-likeness (QED) is 0.507. The van der Waals surface area contributed by atoms with Crippen LogP contribution in [0.25, 0.3) is 0 Å². The minimum atomic E-state index is -0.362. The molecular weight excluding hydrogens is 252 g/mol. The van der Waals surface area contributed by atoms with E-state index in [1.54, 1.807) is 18.2 Å². The molecule has 0 saturated heterocycles. The first kappa shape index (κ1) is 16.4. The van der Waals surface area contributed by atoms with Crippen LogP contribution in [0.4, 0.5) is 0 Å². The molecule has 3 heteroatoms. The highest BCUT2D eigenvalue weighted by Crippen LogP contribution is 2.11. The summed E-state index contributed by atoms with van der Waals surface area (Å²) in [4.78, 5) is 23.3. The van der Waals surface area contributed by atoms with E-state index in [0.717, 1.165) is 18.4 Å². The predicted octanol–water partition coefficient (Wildman–Crippen LogP) is 3.95. The molecule has 0 heterocycles. The molecule has 0 amide bonds. The number of carbonyl (C=O) groups excluding carboxylic acids is 2. The second-order valence-corrected chi connectivity index (χ2v) is 5.07. The maximum absolute atomic E-state index is 11.9. The van der Waals surface area contributed by atoms with Crippen molar-refractivity contribution in [2.24, 2.45) is 0 Å². The van der Waals surface area contributed by atoms with Gasteiger partial charge in [0.1, 0.15) is 5.78 Å². The van der Waals surface area contributed by atoms with Gasteiger partial charge in [-0.25, -0.2) is 4.79 Å². The van der Waals surface area contributed by atoms with Gasteiger partial charge in [-0.2, -0.15) is 0 Å². The van der Waals surface area contributed by atoms with Gasteiger partial charge in [0.05, 0.1) is 12.7 Å². The number of unbranched alkanes of at least 4 members (excludes halogenated alkanes) is 4. The molecule has 0 aliphatic heterocycles. The molecule has 110 valence electrons. The third-order valence-electron chi connectivity index (χ3n) is 3.31. The number of ketones is 1. The lowest BCUT2D eigenvalue weighted by molar-refractivity contribution is -0.118. The molecule has 0 N–H and O–H groups in total. The number of carbonyl (C=O) groups is 2. The van der Waals surface area contributed by atoms with E-state index in [1.165, 1.54) is 26.4 Å². The van der Waals surface area contributed by atoms with E-state index in [-0.39, 0.29) is 11.8 Å². The summed E-state index contributed by atoms with van der Waals surface area (Å²) in [5, 5.41) is 0. The molecular formula is C17H24O3. The highest BCUT2D eigenvalue weighted by Gasteiger charge is 2.08. The van der Waals surface area contributed by atoms with Crippen LogP contribution in [-0.4, -0.2) is 18.9 Å². The smallest absolute Gasteiger partial charge is 0.337 e. The highest BCUT2D eigenvalue weighted by atomic mass is 16.5. The molecule has 0 aliphatic rings. The zero-order chi connectivity index (χ0) is 14.8. The van der Waals surface area contributed by atoms with Crippen LogP contribution < -0.4 is 0 Å². The van der Waals surface area contributed by atoms with Gasteiger partial charge in [-0.15, -0.1) is 0 Å². The summed E-state index contributed by atoms with van der Waals surface area (Å²) in [5.74, 6) is -0.123. The maximum atomic E-state index is 11.9. The third kappa shape index (κ3) is 6.00. The van der Waals surface area contributed by atoms with Crippen LogP contribution in [0.5, 0.6) is 0 Å². The lowest BCUT2D eigenvalue weighted by Crippen LogP contribution is -2.05. The van der Waals surface area contributed by atoms with Crippen LogP contribution in [-0.2, 0) is 16.0 Å². The fourth-order valence-electron chi connectivity index (χ4n) is 2.17. The van der Waals surface area contributed by atoms with Crippen molar-refractivity contribution in [1.29, 1.82) is 0 Å². The first-order chi connectivity index (χ1) is 9.67. The van der Waals surface area contributed by atoms with Gasteiger partial charge in [-0.1, -0.05) is 44.7 Å². The van der Waals surface area contributed by atoms with Crippen LogP contribution in [0.3, 0.4) is 0 Å². The van der Waals surface area contributed by atoms with Gasteiger partial charge in [0.2, 0.25) is 0 Å². The lowest BCUT2D eigenvalue weighted by atomic mass is 10.0. The van der Waals surface area contributed by atoms with Crippen LogP contribution in [0.2, 0.25) is 0 Å². The van der Waals surface area contributed by atoms with E-state index >= 15 is 0 Å². The largest absolute Gasteiger partial charge is 0.465 e. The molecule has 1 aromatic carbocycles. The standard InChI is InChI=1S/C17H24O3/c1-3-4-5-6-7-11-16(18)13-14-9-8-10-15(12-14)17(19)20-2/h8-10,12H,3-7,11,13H2,1-2H3. The fourth-order valence-corrected chi connectivity index (χ4v) is 2.17. The molecule has 0 unspecified atom stereocenters. The van der Waals surface area contributed by atoms with Crippen molar-refractivity contribution >= 4 is 11.8 Å². The van der Waals surface area contributed by atoms with E-state index in [4.69, 9.17) is 0 Å². The van der Waals surface area contributed by atoms with Gasteiger partial charge in [0.15, 0.2) is 0 Å². The van der Waals surface area contributed by atoms with Crippen molar-refractivity contribution in [2.75, 3.05) is 7.11 Å². The number of hydrogen-bond acceptors (Lipinski definition) is 3. The number of esters is 1. The maximum Gasteiger partial charge on any atom is 0.337 e. The van der Waals surface area contributed by atoms with Crippen molar-refractivity contribution in [1.82, 2.24) is 0 Å². The molecule has 0 aromatic heterocycles. The average Bonchev–Trinajstić information content (AvgIpc) is 2.46. The Kier molecular flexibility index (Phi) is 7.63. The predicted molar refractivity (Wildman–Crippen MR) is 79.9 cm³/mol. The summed E-state index contributed by atoms with van der Waals surface area (Å²) in [7, 11) is 1.36. The normalized spacial score (nSPS) is 10.3. The summed E-state index contributed by atoms with van der Waals surface area (Å²) in [5.41, 5.74) is 1.38. The fraction of sp³-hybridized carbons (Fsp3) is 0.529. The van der Waals surface area contributed by atoms with E-state index < -0.39 is 0 Å². The zero-order valence-electron chi connectivity index (χ0n) is 12.5. The first-order valence-corrected chi connectivity index (χ1v) is 7.36. The summed E-state index contributed by atoms with van der Waals surface area (Å²) >= 11 is 0. The average molecular weight is 276 g/mol. The number of rotatable bonds is 9. The Bertz CT molecular complexity index is 438. The van der Waals surface area contributed by atoms with Gasteiger partial charge < -0.3 is 4.74 Å². The Hall–Kier alpha value is -1.64. The topological polar surface area (TPSA) is 43.4 Å². The van der Waals surface area contributed by atoms with E-state index in [0.29, 0.717) is 18.4 Å². The molecule has 0 bridgehead atoms. The van der Waals surface area contributed by atoms with Crippen molar-refractivity contribution in [3.05, 3.63) is 35.4 Å². The first-order valence-electron chi connectivity index (χ1n) is 7.36. The summed E-state index contributed by atoms with van der Waals surface area (Å²) < 4.78 is 4.67. The SMILES string of the molecule is CCCCCCCC(=O)Cc1cccc(C(=O)OC)c1. The van der Waals surface area contributed by atoms with E-state index in [9.17, 15) is 9.59 Å². The lowest BCUT2D eigenvalue weighted by Gasteiger charge is -2.04. The molecule has 1 aromatic rings.